The van der Waals surface area contributed by atoms with E-state index in [1.807, 2.05) is 12.1 Å². The maximum absolute atomic E-state index is 11.6. The first-order valence-corrected chi connectivity index (χ1v) is 9.67. The van der Waals surface area contributed by atoms with E-state index in [4.69, 9.17) is 9.73 Å². The molecule has 1 amide bonds. The molecule has 1 aliphatic heterocycles. The number of benzene rings is 1. The van der Waals surface area contributed by atoms with Gasteiger partial charge in [0.1, 0.15) is 0 Å². The average molecular weight is 504 g/mol. The molecule has 7 nitrogen and oxygen atoms in total. The summed E-state index contributed by atoms with van der Waals surface area (Å²) in [5.41, 5.74) is 1.08. The molecule has 1 aromatic carbocycles. The molecule has 0 radical (unpaired) electrons. The van der Waals surface area contributed by atoms with Gasteiger partial charge in [0.2, 0.25) is 5.91 Å². The van der Waals surface area contributed by atoms with Crippen LogP contribution in [0.5, 0.6) is 11.5 Å². The van der Waals surface area contributed by atoms with Crippen LogP contribution in [0.2, 0.25) is 0 Å². The highest BCUT2D eigenvalue weighted by molar-refractivity contribution is 14.0. The zero-order chi connectivity index (χ0) is 19.6. The van der Waals surface area contributed by atoms with Gasteiger partial charge in [-0.05, 0) is 49.8 Å². The summed E-state index contributed by atoms with van der Waals surface area (Å²) in [6.07, 6.45) is 3.40. The molecular formula is C20H33IN4O3. The molecule has 158 valence electrons. The maximum atomic E-state index is 11.6. The van der Waals surface area contributed by atoms with Gasteiger partial charge < -0.3 is 25.4 Å². The van der Waals surface area contributed by atoms with Crippen LogP contribution < -0.4 is 15.4 Å². The van der Waals surface area contributed by atoms with Crippen molar-refractivity contribution in [2.45, 2.75) is 32.6 Å². The smallest absolute Gasteiger partial charge is 0.220 e. The van der Waals surface area contributed by atoms with Gasteiger partial charge in [0, 0.05) is 39.6 Å². The van der Waals surface area contributed by atoms with Gasteiger partial charge in [-0.2, -0.15) is 0 Å². The third-order valence-corrected chi connectivity index (χ3v) is 4.91. The number of carbonyl (C=O) groups is 1. The van der Waals surface area contributed by atoms with Gasteiger partial charge in [-0.1, -0.05) is 6.07 Å². The van der Waals surface area contributed by atoms with Gasteiger partial charge in [0.15, 0.2) is 17.5 Å². The molecule has 0 spiro atoms. The van der Waals surface area contributed by atoms with E-state index in [2.05, 4.69) is 22.5 Å². The van der Waals surface area contributed by atoms with Crippen LogP contribution in [0.3, 0.4) is 0 Å². The second kappa shape index (κ2) is 12.7. The molecule has 3 N–H and O–H groups in total. The van der Waals surface area contributed by atoms with E-state index in [-0.39, 0.29) is 35.6 Å². The van der Waals surface area contributed by atoms with Crippen molar-refractivity contribution >= 4 is 35.8 Å². The van der Waals surface area contributed by atoms with Crippen molar-refractivity contribution in [2.75, 3.05) is 40.3 Å². The van der Waals surface area contributed by atoms with Crippen LogP contribution in [0.15, 0.2) is 23.2 Å². The van der Waals surface area contributed by atoms with Crippen molar-refractivity contribution in [1.29, 1.82) is 0 Å². The lowest BCUT2D eigenvalue weighted by Crippen LogP contribution is -2.46. The molecule has 1 heterocycles. The zero-order valence-corrected chi connectivity index (χ0v) is 19.4. The third-order valence-electron chi connectivity index (χ3n) is 4.91. The van der Waals surface area contributed by atoms with E-state index in [0.29, 0.717) is 24.6 Å². The van der Waals surface area contributed by atoms with Crippen LogP contribution >= 0.6 is 24.0 Å². The number of phenols is 1. The minimum atomic E-state index is 0. The average Bonchev–Trinajstić information content (AvgIpc) is 2.69. The van der Waals surface area contributed by atoms with Crippen LogP contribution in [0, 0.1) is 5.92 Å². The number of aromatic hydroxyl groups is 1. The number of aliphatic imine (C=N–C) groups is 1. The number of piperidine rings is 1. The number of amides is 1. The predicted molar refractivity (Wildman–Crippen MR) is 123 cm³/mol. The molecule has 1 fully saturated rings. The van der Waals surface area contributed by atoms with E-state index in [0.717, 1.165) is 50.4 Å². The minimum absolute atomic E-state index is 0. The lowest BCUT2D eigenvalue weighted by Gasteiger charge is -2.34. The number of nitrogens with zero attached hydrogens (tertiary/aromatic N) is 2. The number of nitrogens with one attached hydrogen (secondary N) is 2. The number of rotatable bonds is 7. The van der Waals surface area contributed by atoms with Gasteiger partial charge in [-0.25, -0.2) is 0 Å². The Morgan fingerprint density at radius 3 is 2.68 bits per heavy atom. The summed E-state index contributed by atoms with van der Waals surface area (Å²) in [6, 6.07) is 5.40. The zero-order valence-electron chi connectivity index (χ0n) is 17.0. The van der Waals surface area contributed by atoms with Gasteiger partial charge in [0.05, 0.1) is 7.11 Å². The molecule has 0 bridgehead atoms. The molecule has 0 saturated carbocycles. The standard InChI is InChI=1S/C20H32N4O3.HI/c1-4-22-20(24-11-8-16(9-12-24)14-19(26)21-2)23-10-7-15-5-6-17(25)18(13-15)27-3;/h5-6,13,16,25H,4,7-12,14H2,1-3H3,(H,21,26)(H,22,23);1H. The molecule has 0 aliphatic carbocycles. The Balaban J connectivity index is 0.00000392. The van der Waals surface area contributed by atoms with Crippen molar-refractivity contribution in [3.63, 3.8) is 0 Å². The van der Waals surface area contributed by atoms with Gasteiger partial charge in [-0.15, -0.1) is 24.0 Å². The summed E-state index contributed by atoms with van der Waals surface area (Å²) in [7, 11) is 3.24. The molecular weight excluding hydrogens is 471 g/mol. The Kier molecular flexibility index (Phi) is 11.0. The number of methoxy groups -OCH3 is 1. The Labute approximate surface area is 185 Å². The molecule has 1 saturated heterocycles. The molecule has 1 aromatic rings. The first-order chi connectivity index (χ1) is 13.1. The Morgan fingerprint density at radius 1 is 1.36 bits per heavy atom. The van der Waals surface area contributed by atoms with Crippen LogP contribution in [0.1, 0.15) is 31.7 Å². The molecule has 0 unspecified atom stereocenters. The maximum Gasteiger partial charge on any atom is 0.220 e. The second-order valence-electron chi connectivity index (χ2n) is 6.80. The molecule has 28 heavy (non-hydrogen) atoms. The Hall–Kier alpha value is -1.71. The van der Waals surface area contributed by atoms with Gasteiger partial charge in [0.25, 0.3) is 0 Å². The largest absolute Gasteiger partial charge is 0.504 e. The van der Waals surface area contributed by atoms with E-state index >= 15 is 0 Å². The van der Waals surface area contributed by atoms with Crippen LogP contribution in [0.4, 0.5) is 0 Å². The normalized spacial score (nSPS) is 15.0. The van der Waals surface area contributed by atoms with Crippen LogP contribution in [-0.4, -0.2) is 62.2 Å². The topological polar surface area (TPSA) is 86.2 Å². The van der Waals surface area contributed by atoms with Crippen molar-refractivity contribution in [2.24, 2.45) is 10.9 Å². The highest BCUT2D eigenvalue weighted by atomic mass is 127. The molecule has 0 atom stereocenters. The summed E-state index contributed by atoms with van der Waals surface area (Å²) >= 11 is 0. The van der Waals surface area contributed by atoms with E-state index in [1.54, 1.807) is 20.2 Å². The van der Waals surface area contributed by atoms with Crippen molar-refractivity contribution in [1.82, 2.24) is 15.5 Å². The first-order valence-electron chi connectivity index (χ1n) is 9.67. The van der Waals surface area contributed by atoms with Crippen LogP contribution in [-0.2, 0) is 11.2 Å². The fourth-order valence-electron chi connectivity index (χ4n) is 3.31. The molecule has 0 aromatic heterocycles. The number of hydrogen-bond acceptors (Lipinski definition) is 4. The lowest BCUT2D eigenvalue weighted by molar-refractivity contribution is -0.121. The van der Waals surface area contributed by atoms with Gasteiger partial charge in [-0.3, -0.25) is 9.79 Å². The monoisotopic (exact) mass is 504 g/mol. The van der Waals surface area contributed by atoms with E-state index in [1.165, 1.54) is 0 Å². The fourth-order valence-corrected chi connectivity index (χ4v) is 3.31. The van der Waals surface area contributed by atoms with Crippen molar-refractivity contribution < 1.29 is 14.6 Å². The van der Waals surface area contributed by atoms with Crippen LogP contribution in [0.25, 0.3) is 0 Å². The summed E-state index contributed by atoms with van der Waals surface area (Å²) in [5.74, 6) is 2.15. The second-order valence-corrected chi connectivity index (χ2v) is 6.80. The van der Waals surface area contributed by atoms with E-state index in [9.17, 15) is 9.90 Å². The number of carbonyl (C=O) groups excluding carboxylic acids is 1. The van der Waals surface area contributed by atoms with Crippen molar-refractivity contribution in [3.05, 3.63) is 23.8 Å². The minimum Gasteiger partial charge on any atom is -0.504 e. The van der Waals surface area contributed by atoms with Crippen molar-refractivity contribution in [3.8, 4) is 11.5 Å². The lowest BCUT2D eigenvalue weighted by atomic mass is 9.93. The summed E-state index contributed by atoms with van der Waals surface area (Å²) < 4.78 is 5.16. The highest BCUT2D eigenvalue weighted by Crippen LogP contribution is 2.26. The van der Waals surface area contributed by atoms with E-state index < -0.39 is 0 Å². The first kappa shape index (κ1) is 24.3. The number of guanidine groups is 1. The quantitative estimate of drug-likeness (QED) is 0.302. The summed E-state index contributed by atoms with van der Waals surface area (Å²) in [4.78, 5) is 18.6. The number of hydrogen-bond donors (Lipinski definition) is 3. The molecule has 1 aliphatic rings. The fraction of sp³-hybridized carbons (Fsp3) is 0.600. The number of halogens is 1. The summed E-state index contributed by atoms with van der Waals surface area (Å²) in [5, 5.41) is 15.8. The summed E-state index contributed by atoms with van der Waals surface area (Å²) in [6.45, 7) is 5.39. The molecule has 2 rings (SSSR count). The molecule has 8 heteroatoms. The number of likely N-dealkylation sites (tertiary alicyclic amines) is 1. The van der Waals surface area contributed by atoms with Gasteiger partial charge >= 0.3 is 0 Å². The number of phenolic OH excluding ortho intramolecular Hbond substituents is 1. The number of ether oxygens (including phenoxy) is 1. The Morgan fingerprint density at radius 2 is 2.07 bits per heavy atom. The third kappa shape index (κ3) is 7.37. The SMILES string of the molecule is CCNC(=NCCc1ccc(O)c(OC)c1)N1CCC(CC(=O)NC)CC1.I. The highest BCUT2D eigenvalue weighted by Gasteiger charge is 2.23. The Bertz CT molecular complexity index is 646. The predicted octanol–water partition coefficient (Wildman–Crippen LogP) is 2.37.